The van der Waals surface area contributed by atoms with E-state index in [-0.39, 0.29) is 0 Å². The highest BCUT2D eigenvalue weighted by molar-refractivity contribution is 5.76. The summed E-state index contributed by atoms with van der Waals surface area (Å²) in [6.07, 6.45) is 7.91. The molecule has 3 nitrogen and oxygen atoms in total. The van der Waals surface area contributed by atoms with Crippen LogP contribution >= 0.6 is 0 Å². The van der Waals surface area contributed by atoms with Crippen molar-refractivity contribution in [1.82, 2.24) is 9.80 Å². The summed E-state index contributed by atoms with van der Waals surface area (Å²) in [6.45, 7) is 4.94. The average molecular weight is 310 g/mol. The number of amides is 1. The minimum absolute atomic E-state index is 0.326. The molecule has 0 spiro atoms. The van der Waals surface area contributed by atoms with Crippen LogP contribution in [0.25, 0.3) is 6.08 Å². The van der Waals surface area contributed by atoms with Gasteiger partial charge in [-0.05, 0) is 36.8 Å². The number of likely N-dealkylation sites (tertiary alicyclic amines) is 1. The lowest BCUT2D eigenvalue weighted by molar-refractivity contribution is -0.134. The minimum Gasteiger partial charge on any atom is -0.340 e. The normalized spacial score (nSPS) is 26.8. The maximum absolute atomic E-state index is 12.0. The molecule has 1 aromatic carbocycles. The summed E-state index contributed by atoms with van der Waals surface area (Å²) in [5.74, 6) is 0.326. The molecule has 2 bridgehead atoms. The number of aryl methyl sites for hydroxylation is 1. The average Bonchev–Trinajstić information content (AvgIpc) is 2.82. The fraction of sp³-hybridized carbons (Fsp3) is 0.550. The van der Waals surface area contributed by atoms with Crippen LogP contribution in [0.3, 0.4) is 0 Å². The molecular formula is C20H26N2O. The van der Waals surface area contributed by atoms with Gasteiger partial charge in [0.15, 0.2) is 0 Å². The number of nitrogens with zero attached hydrogens (tertiary/aromatic N) is 2. The molecule has 0 saturated carbocycles. The summed E-state index contributed by atoms with van der Waals surface area (Å²) in [6, 6.07) is 9.91. The van der Waals surface area contributed by atoms with Crippen molar-refractivity contribution < 1.29 is 4.79 Å². The molecule has 2 aliphatic heterocycles. The molecule has 0 N–H and O–H groups in total. The van der Waals surface area contributed by atoms with Crippen molar-refractivity contribution in [3.8, 4) is 0 Å². The van der Waals surface area contributed by atoms with Crippen LogP contribution in [0, 0.1) is 0 Å². The Morgan fingerprint density at radius 1 is 1.13 bits per heavy atom. The Labute approximate surface area is 139 Å². The van der Waals surface area contributed by atoms with Gasteiger partial charge in [-0.25, -0.2) is 0 Å². The van der Waals surface area contributed by atoms with Crippen LogP contribution < -0.4 is 0 Å². The van der Waals surface area contributed by atoms with Gasteiger partial charge in [0.25, 0.3) is 0 Å². The predicted molar refractivity (Wildman–Crippen MR) is 93.1 cm³/mol. The van der Waals surface area contributed by atoms with Crippen molar-refractivity contribution in [3.05, 3.63) is 41.0 Å². The molecule has 2 saturated heterocycles. The summed E-state index contributed by atoms with van der Waals surface area (Å²) >= 11 is 0. The van der Waals surface area contributed by atoms with E-state index in [0.717, 1.165) is 19.6 Å². The SMILES string of the molecule is CCC(=O)N1CC2CCC(C1)N2CC1=Cc2ccccc2CC1. The second-order valence-electron chi connectivity index (χ2n) is 7.21. The van der Waals surface area contributed by atoms with Gasteiger partial charge in [-0.2, -0.15) is 0 Å². The zero-order valence-electron chi connectivity index (χ0n) is 14.0. The molecule has 0 radical (unpaired) electrons. The van der Waals surface area contributed by atoms with Gasteiger partial charge in [-0.1, -0.05) is 42.8 Å². The zero-order chi connectivity index (χ0) is 15.8. The van der Waals surface area contributed by atoms with Crippen LogP contribution in [0.2, 0.25) is 0 Å². The fourth-order valence-corrected chi connectivity index (χ4v) is 4.52. The first-order chi connectivity index (χ1) is 11.2. The Bertz CT molecular complexity index is 622. The summed E-state index contributed by atoms with van der Waals surface area (Å²) < 4.78 is 0. The highest BCUT2D eigenvalue weighted by Gasteiger charge is 2.41. The van der Waals surface area contributed by atoms with E-state index in [9.17, 15) is 4.79 Å². The van der Waals surface area contributed by atoms with Gasteiger partial charge in [0, 0.05) is 38.1 Å². The zero-order valence-corrected chi connectivity index (χ0v) is 14.0. The molecule has 1 aromatic rings. The first-order valence-electron chi connectivity index (χ1n) is 9.05. The lowest BCUT2D eigenvalue weighted by atomic mass is 9.91. The lowest BCUT2D eigenvalue weighted by Gasteiger charge is -2.41. The molecule has 2 unspecified atom stereocenters. The predicted octanol–water partition coefficient (Wildman–Crippen LogP) is 3.10. The monoisotopic (exact) mass is 310 g/mol. The van der Waals surface area contributed by atoms with Crippen LogP contribution in [0.15, 0.2) is 29.8 Å². The Kier molecular flexibility index (Phi) is 3.98. The van der Waals surface area contributed by atoms with E-state index in [1.807, 2.05) is 6.92 Å². The summed E-state index contributed by atoms with van der Waals surface area (Å²) in [5.41, 5.74) is 4.45. The number of piperazine rings is 1. The molecule has 2 heterocycles. The molecule has 1 aliphatic carbocycles. The summed E-state index contributed by atoms with van der Waals surface area (Å²) in [4.78, 5) is 16.8. The van der Waals surface area contributed by atoms with Gasteiger partial charge < -0.3 is 4.90 Å². The van der Waals surface area contributed by atoms with Gasteiger partial charge in [-0.15, -0.1) is 0 Å². The van der Waals surface area contributed by atoms with Crippen LogP contribution in [-0.2, 0) is 11.2 Å². The molecule has 0 aromatic heterocycles. The van der Waals surface area contributed by atoms with Gasteiger partial charge in [0.1, 0.15) is 0 Å². The highest BCUT2D eigenvalue weighted by Crippen LogP contribution is 2.33. The van der Waals surface area contributed by atoms with Crippen molar-refractivity contribution in [3.63, 3.8) is 0 Å². The minimum atomic E-state index is 0.326. The maximum Gasteiger partial charge on any atom is 0.222 e. The molecular weight excluding hydrogens is 284 g/mol. The van der Waals surface area contributed by atoms with E-state index in [2.05, 4.69) is 40.1 Å². The standard InChI is InChI=1S/C20H26N2O/c1-2-20(23)21-13-18-9-10-19(14-21)22(18)12-15-7-8-16-5-3-4-6-17(16)11-15/h3-6,11,18-19H,2,7-10,12-14H2,1H3. The third kappa shape index (κ3) is 2.83. The Hall–Kier alpha value is -1.61. The number of carbonyl (C=O) groups excluding carboxylic acids is 1. The van der Waals surface area contributed by atoms with Gasteiger partial charge >= 0.3 is 0 Å². The first kappa shape index (κ1) is 14.9. The molecule has 23 heavy (non-hydrogen) atoms. The second-order valence-corrected chi connectivity index (χ2v) is 7.21. The Balaban J connectivity index is 1.47. The van der Waals surface area contributed by atoms with Crippen molar-refractivity contribution in [2.45, 2.75) is 51.1 Å². The first-order valence-corrected chi connectivity index (χ1v) is 9.05. The third-order valence-electron chi connectivity index (χ3n) is 5.80. The maximum atomic E-state index is 12.0. The largest absolute Gasteiger partial charge is 0.340 e. The number of hydrogen-bond donors (Lipinski definition) is 0. The number of hydrogen-bond acceptors (Lipinski definition) is 2. The smallest absolute Gasteiger partial charge is 0.222 e. The van der Waals surface area contributed by atoms with E-state index < -0.39 is 0 Å². The van der Waals surface area contributed by atoms with Crippen molar-refractivity contribution >= 4 is 12.0 Å². The van der Waals surface area contributed by atoms with E-state index in [1.54, 1.807) is 5.57 Å². The van der Waals surface area contributed by atoms with Crippen LogP contribution in [0.4, 0.5) is 0 Å². The third-order valence-corrected chi connectivity index (χ3v) is 5.80. The molecule has 2 fully saturated rings. The number of fused-ring (bicyclic) bond motifs is 3. The molecule has 122 valence electrons. The second kappa shape index (κ2) is 6.12. The van der Waals surface area contributed by atoms with E-state index in [4.69, 9.17) is 0 Å². The molecule has 1 amide bonds. The van der Waals surface area contributed by atoms with Gasteiger partial charge in [0.05, 0.1) is 0 Å². The fourth-order valence-electron chi connectivity index (χ4n) is 4.52. The molecule has 3 heteroatoms. The Morgan fingerprint density at radius 3 is 2.61 bits per heavy atom. The van der Waals surface area contributed by atoms with Crippen LogP contribution in [0.1, 0.15) is 43.7 Å². The van der Waals surface area contributed by atoms with E-state index in [1.165, 1.54) is 36.8 Å². The summed E-state index contributed by atoms with van der Waals surface area (Å²) in [5, 5.41) is 0. The number of carbonyl (C=O) groups is 1. The van der Waals surface area contributed by atoms with Crippen molar-refractivity contribution in [1.29, 1.82) is 0 Å². The van der Waals surface area contributed by atoms with E-state index >= 15 is 0 Å². The van der Waals surface area contributed by atoms with Crippen molar-refractivity contribution in [2.75, 3.05) is 19.6 Å². The van der Waals surface area contributed by atoms with Crippen LogP contribution in [-0.4, -0.2) is 47.4 Å². The topological polar surface area (TPSA) is 23.6 Å². The van der Waals surface area contributed by atoms with Crippen LogP contribution in [0.5, 0.6) is 0 Å². The quantitative estimate of drug-likeness (QED) is 0.856. The van der Waals surface area contributed by atoms with Gasteiger partial charge in [0.2, 0.25) is 5.91 Å². The number of benzene rings is 1. The van der Waals surface area contributed by atoms with Crippen molar-refractivity contribution in [2.24, 2.45) is 0 Å². The molecule has 2 atom stereocenters. The highest BCUT2D eigenvalue weighted by atomic mass is 16.2. The molecule has 3 aliphatic rings. The van der Waals surface area contributed by atoms with Gasteiger partial charge in [-0.3, -0.25) is 9.69 Å². The number of rotatable bonds is 3. The molecule has 4 rings (SSSR count). The Morgan fingerprint density at radius 2 is 1.87 bits per heavy atom. The van der Waals surface area contributed by atoms with E-state index in [0.29, 0.717) is 24.4 Å². The lowest BCUT2D eigenvalue weighted by Crippen LogP contribution is -2.55. The summed E-state index contributed by atoms with van der Waals surface area (Å²) in [7, 11) is 0.